The Labute approximate surface area is 126 Å². The lowest BCUT2D eigenvalue weighted by Crippen LogP contribution is -2.21. The van der Waals surface area contributed by atoms with E-state index in [1.165, 1.54) is 0 Å². The van der Waals surface area contributed by atoms with Gasteiger partial charge in [0.15, 0.2) is 0 Å². The van der Waals surface area contributed by atoms with Crippen LogP contribution < -0.4 is 4.74 Å². The van der Waals surface area contributed by atoms with E-state index < -0.39 is 0 Å². The molecule has 0 atom stereocenters. The van der Waals surface area contributed by atoms with Crippen LogP contribution in [0.25, 0.3) is 5.52 Å². The molecule has 2 aromatic heterocycles. The van der Waals surface area contributed by atoms with Gasteiger partial charge in [0.1, 0.15) is 12.4 Å². The van der Waals surface area contributed by atoms with Crippen LogP contribution in [-0.2, 0) is 4.74 Å². The van der Waals surface area contributed by atoms with Crippen molar-refractivity contribution in [3.63, 3.8) is 0 Å². The number of hydrogen-bond donors (Lipinski definition) is 0. The minimum Gasteiger partial charge on any atom is -0.490 e. The van der Waals surface area contributed by atoms with Crippen LogP contribution in [0.3, 0.4) is 0 Å². The van der Waals surface area contributed by atoms with E-state index in [9.17, 15) is 4.79 Å². The monoisotopic (exact) mass is 340 g/mol. The summed E-state index contributed by atoms with van der Waals surface area (Å²) in [6.45, 7) is 1.02. The van der Waals surface area contributed by atoms with Crippen LogP contribution in [0.4, 0.5) is 0 Å². The molecule has 0 aliphatic carbocycles. The Hall–Kier alpha value is -1.53. The lowest BCUT2D eigenvalue weighted by molar-refractivity contribution is 0.0829. The number of aromatic nitrogens is 1. The summed E-state index contributed by atoms with van der Waals surface area (Å²) in [5, 5.41) is 0. The van der Waals surface area contributed by atoms with E-state index in [1.54, 1.807) is 32.2 Å². The van der Waals surface area contributed by atoms with Crippen molar-refractivity contribution in [1.29, 1.82) is 0 Å². The van der Waals surface area contributed by atoms with E-state index in [-0.39, 0.29) is 5.91 Å². The first kappa shape index (κ1) is 14.9. The van der Waals surface area contributed by atoms with E-state index in [4.69, 9.17) is 9.47 Å². The van der Waals surface area contributed by atoms with E-state index in [0.717, 1.165) is 15.7 Å². The van der Waals surface area contributed by atoms with Gasteiger partial charge in [0.2, 0.25) is 0 Å². The SMILES string of the molecule is COCCOc1cc(Br)c2c(C(=O)N(C)C)ccn2c1. The molecular weight excluding hydrogens is 324 g/mol. The lowest BCUT2D eigenvalue weighted by atomic mass is 10.2. The van der Waals surface area contributed by atoms with E-state index in [0.29, 0.717) is 18.8 Å². The first-order valence-corrected chi connectivity index (χ1v) is 6.97. The number of carbonyl (C=O) groups excluding carboxylic acids is 1. The molecule has 0 N–H and O–H groups in total. The highest BCUT2D eigenvalue weighted by Gasteiger charge is 2.16. The Morgan fingerprint density at radius 3 is 2.80 bits per heavy atom. The van der Waals surface area contributed by atoms with Crippen molar-refractivity contribution in [3.05, 3.63) is 34.6 Å². The molecule has 0 aliphatic heterocycles. The zero-order valence-corrected chi connectivity index (χ0v) is 13.3. The standard InChI is InChI=1S/C14H17BrN2O3/c1-16(2)14(18)11-4-5-17-9-10(20-7-6-19-3)8-12(15)13(11)17/h4-5,8-9H,6-7H2,1-3H3. The van der Waals surface area contributed by atoms with Gasteiger partial charge in [-0.2, -0.15) is 0 Å². The molecule has 0 saturated carbocycles. The average Bonchev–Trinajstić information content (AvgIpc) is 2.82. The van der Waals surface area contributed by atoms with Crippen molar-refractivity contribution in [3.8, 4) is 5.75 Å². The molecule has 2 aromatic rings. The van der Waals surface area contributed by atoms with Gasteiger partial charge in [0.05, 0.1) is 23.9 Å². The molecule has 0 fully saturated rings. The van der Waals surface area contributed by atoms with Gasteiger partial charge in [-0.15, -0.1) is 0 Å². The molecule has 5 nitrogen and oxygen atoms in total. The third kappa shape index (κ3) is 2.96. The minimum absolute atomic E-state index is 0.0266. The molecular formula is C14H17BrN2O3. The Morgan fingerprint density at radius 2 is 2.15 bits per heavy atom. The highest BCUT2D eigenvalue weighted by molar-refractivity contribution is 9.10. The van der Waals surface area contributed by atoms with Crippen LogP contribution >= 0.6 is 15.9 Å². The molecule has 0 radical (unpaired) electrons. The lowest BCUT2D eigenvalue weighted by Gasteiger charge is -2.11. The Balaban J connectivity index is 2.36. The maximum atomic E-state index is 12.1. The third-order valence-electron chi connectivity index (χ3n) is 2.87. The summed E-state index contributed by atoms with van der Waals surface area (Å²) in [5.74, 6) is 0.696. The number of pyridine rings is 1. The highest BCUT2D eigenvalue weighted by Crippen LogP contribution is 2.28. The maximum absolute atomic E-state index is 12.1. The second-order valence-electron chi connectivity index (χ2n) is 4.55. The molecule has 0 aliphatic rings. The molecule has 2 heterocycles. The number of hydrogen-bond acceptors (Lipinski definition) is 3. The Bertz CT molecular complexity index is 622. The van der Waals surface area contributed by atoms with Gasteiger partial charge in [0, 0.05) is 31.9 Å². The van der Waals surface area contributed by atoms with Crippen LogP contribution in [0.1, 0.15) is 10.4 Å². The summed E-state index contributed by atoms with van der Waals surface area (Å²) in [6, 6.07) is 3.67. The molecule has 0 unspecified atom stereocenters. The van der Waals surface area contributed by atoms with Crippen LogP contribution in [0.2, 0.25) is 0 Å². The fourth-order valence-corrected chi connectivity index (χ4v) is 2.55. The molecule has 0 aromatic carbocycles. The molecule has 1 amide bonds. The Kier molecular flexibility index (Phi) is 4.67. The van der Waals surface area contributed by atoms with Crippen molar-refractivity contribution in [1.82, 2.24) is 9.30 Å². The van der Waals surface area contributed by atoms with Gasteiger partial charge >= 0.3 is 0 Å². The number of rotatable bonds is 5. The van der Waals surface area contributed by atoms with Crippen molar-refractivity contribution in [2.45, 2.75) is 0 Å². The van der Waals surface area contributed by atoms with E-state index in [1.807, 2.05) is 22.9 Å². The van der Waals surface area contributed by atoms with Crippen molar-refractivity contribution in [2.75, 3.05) is 34.4 Å². The number of halogens is 1. The fraction of sp³-hybridized carbons (Fsp3) is 0.357. The molecule has 20 heavy (non-hydrogen) atoms. The summed E-state index contributed by atoms with van der Waals surface area (Å²) in [6.07, 6.45) is 3.70. The Morgan fingerprint density at radius 1 is 1.40 bits per heavy atom. The smallest absolute Gasteiger partial charge is 0.255 e. The van der Waals surface area contributed by atoms with Gasteiger partial charge in [-0.25, -0.2) is 0 Å². The minimum atomic E-state index is -0.0266. The summed E-state index contributed by atoms with van der Waals surface area (Å²) in [5.41, 5.74) is 1.49. The van der Waals surface area contributed by atoms with Gasteiger partial charge in [-0.05, 0) is 28.1 Å². The molecule has 108 valence electrons. The predicted molar refractivity (Wildman–Crippen MR) is 80.5 cm³/mol. The van der Waals surface area contributed by atoms with Crippen LogP contribution in [-0.4, -0.2) is 49.6 Å². The normalized spacial score (nSPS) is 10.8. The summed E-state index contributed by atoms with van der Waals surface area (Å²) in [7, 11) is 5.11. The number of carbonyl (C=O) groups is 1. The second kappa shape index (κ2) is 6.28. The summed E-state index contributed by atoms with van der Waals surface area (Å²) < 4.78 is 13.2. The maximum Gasteiger partial charge on any atom is 0.255 e. The van der Waals surface area contributed by atoms with Gasteiger partial charge in [0.25, 0.3) is 5.91 Å². The van der Waals surface area contributed by atoms with Crippen molar-refractivity contribution >= 4 is 27.4 Å². The first-order chi connectivity index (χ1) is 9.54. The number of amides is 1. The summed E-state index contributed by atoms with van der Waals surface area (Å²) >= 11 is 3.50. The topological polar surface area (TPSA) is 43.2 Å². The number of nitrogens with zero attached hydrogens (tertiary/aromatic N) is 2. The molecule has 6 heteroatoms. The van der Waals surface area contributed by atoms with Gasteiger partial charge in [-0.3, -0.25) is 4.79 Å². The molecule has 0 bridgehead atoms. The number of ether oxygens (including phenoxy) is 2. The molecule has 0 spiro atoms. The van der Waals surface area contributed by atoms with Gasteiger partial charge < -0.3 is 18.8 Å². The van der Waals surface area contributed by atoms with Crippen LogP contribution in [0.5, 0.6) is 5.75 Å². The average molecular weight is 341 g/mol. The van der Waals surface area contributed by atoms with Gasteiger partial charge in [-0.1, -0.05) is 0 Å². The molecule has 0 saturated heterocycles. The second-order valence-corrected chi connectivity index (χ2v) is 5.40. The first-order valence-electron chi connectivity index (χ1n) is 6.18. The number of fused-ring (bicyclic) bond motifs is 1. The van der Waals surface area contributed by atoms with Crippen molar-refractivity contribution < 1.29 is 14.3 Å². The highest BCUT2D eigenvalue weighted by atomic mass is 79.9. The zero-order chi connectivity index (χ0) is 14.7. The predicted octanol–water partition coefficient (Wildman–Crippen LogP) is 2.43. The molecule has 2 rings (SSSR count). The van der Waals surface area contributed by atoms with Crippen molar-refractivity contribution in [2.24, 2.45) is 0 Å². The van der Waals surface area contributed by atoms with E-state index >= 15 is 0 Å². The zero-order valence-electron chi connectivity index (χ0n) is 11.7. The van der Waals surface area contributed by atoms with Crippen LogP contribution in [0, 0.1) is 0 Å². The number of methoxy groups -OCH3 is 1. The van der Waals surface area contributed by atoms with Crippen LogP contribution in [0.15, 0.2) is 29.0 Å². The summed E-state index contributed by atoms with van der Waals surface area (Å²) in [4.78, 5) is 13.7. The van der Waals surface area contributed by atoms with E-state index in [2.05, 4.69) is 15.9 Å². The largest absolute Gasteiger partial charge is 0.490 e. The fourth-order valence-electron chi connectivity index (χ4n) is 1.91. The third-order valence-corrected chi connectivity index (χ3v) is 3.47. The quantitative estimate of drug-likeness (QED) is 0.785.